The van der Waals surface area contributed by atoms with Crippen LogP contribution in [-0.2, 0) is 10.0 Å². The molecule has 6 nitrogen and oxygen atoms in total. The lowest BCUT2D eigenvalue weighted by Gasteiger charge is -2.29. The number of aliphatic hydroxyl groups excluding tert-OH is 1. The number of aliphatic hydroxyl groups is 1. The van der Waals surface area contributed by atoms with Gasteiger partial charge in [-0.15, -0.1) is 0 Å². The molecule has 0 bridgehead atoms. The van der Waals surface area contributed by atoms with Crippen LogP contribution in [0, 0.1) is 0 Å². The molecular formula is C12H19N3O3S. The lowest BCUT2D eigenvalue weighted by atomic mass is 9.92. The van der Waals surface area contributed by atoms with E-state index in [1.165, 1.54) is 12.1 Å². The lowest BCUT2D eigenvalue weighted by Crippen LogP contribution is -2.36. The second-order valence-electron chi connectivity index (χ2n) is 4.90. The van der Waals surface area contributed by atoms with E-state index in [2.05, 4.69) is 5.32 Å². The van der Waals surface area contributed by atoms with Gasteiger partial charge in [0.1, 0.15) is 0 Å². The Morgan fingerprint density at radius 1 is 1.26 bits per heavy atom. The van der Waals surface area contributed by atoms with Gasteiger partial charge in [-0.25, -0.2) is 13.6 Å². The summed E-state index contributed by atoms with van der Waals surface area (Å²) in [5.41, 5.74) is 6.75. The summed E-state index contributed by atoms with van der Waals surface area (Å²) in [7, 11) is -3.74. The maximum Gasteiger partial charge on any atom is 0.238 e. The van der Waals surface area contributed by atoms with Crippen LogP contribution in [0.25, 0.3) is 0 Å². The van der Waals surface area contributed by atoms with E-state index in [0.29, 0.717) is 11.4 Å². The second-order valence-corrected chi connectivity index (χ2v) is 6.46. The first-order chi connectivity index (χ1) is 8.88. The first-order valence-electron chi connectivity index (χ1n) is 6.25. The summed E-state index contributed by atoms with van der Waals surface area (Å²) in [4.78, 5) is -0.0141. The molecule has 2 rings (SSSR count). The first kappa shape index (κ1) is 14.1. The van der Waals surface area contributed by atoms with Crippen LogP contribution in [-0.4, -0.2) is 25.7 Å². The van der Waals surface area contributed by atoms with E-state index in [4.69, 9.17) is 10.9 Å². The molecule has 1 saturated carbocycles. The van der Waals surface area contributed by atoms with E-state index in [1.54, 1.807) is 6.07 Å². The van der Waals surface area contributed by atoms with Crippen molar-refractivity contribution in [2.24, 2.45) is 5.14 Å². The molecule has 2 atom stereocenters. The third-order valence-corrected chi connectivity index (χ3v) is 4.33. The van der Waals surface area contributed by atoms with Crippen LogP contribution in [0.15, 0.2) is 23.1 Å². The van der Waals surface area contributed by atoms with Crippen molar-refractivity contribution in [1.82, 2.24) is 0 Å². The van der Waals surface area contributed by atoms with E-state index < -0.39 is 16.1 Å². The zero-order chi connectivity index (χ0) is 14.0. The number of nitrogens with two attached hydrogens (primary N) is 2. The number of hydrogen-bond donors (Lipinski definition) is 4. The van der Waals surface area contributed by atoms with E-state index in [9.17, 15) is 13.5 Å². The Morgan fingerprint density at radius 3 is 2.53 bits per heavy atom. The molecule has 0 amide bonds. The minimum Gasteiger partial charge on any atom is -0.397 e. The SMILES string of the molecule is Nc1cc(S(N)(=O)=O)ccc1NC1CCCCC1O. The quantitative estimate of drug-likeness (QED) is 0.607. The third kappa shape index (κ3) is 3.37. The second kappa shape index (κ2) is 5.36. The molecule has 6 N–H and O–H groups in total. The highest BCUT2D eigenvalue weighted by Crippen LogP contribution is 2.27. The average molecular weight is 285 g/mol. The molecule has 0 spiro atoms. The molecule has 1 aliphatic rings. The fourth-order valence-electron chi connectivity index (χ4n) is 2.33. The van der Waals surface area contributed by atoms with Crippen molar-refractivity contribution in [2.75, 3.05) is 11.1 Å². The Balaban J connectivity index is 2.17. The van der Waals surface area contributed by atoms with Gasteiger partial charge in [0.25, 0.3) is 0 Å². The van der Waals surface area contributed by atoms with Gasteiger partial charge in [0.15, 0.2) is 0 Å². The van der Waals surface area contributed by atoms with Gasteiger partial charge in [0.2, 0.25) is 10.0 Å². The maximum atomic E-state index is 11.2. The zero-order valence-corrected chi connectivity index (χ0v) is 11.4. The van der Waals surface area contributed by atoms with Crippen LogP contribution in [0.5, 0.6) is 0 Å². The smallest absolute Gasteiger partial charge is 0.238 e. The first-order valence-corrected chi connectivity index (χ1v) is 7.79. The van der Waals surface area contributed by atoms with Crippen LogP contribution >= 0.6 is 0 Å². The number of anilines is 2. The van der Waals surface area contributed by atoms with Crippen molar-refractivity contribution < 1.29 is 13.5 Å². The van der Waals surface area contributed by atoms with E-state index in [0.717, 1.165) is 25.7 Å². The van der Waals surface area contributed by atoms with Crippen LogP contribution in [0.1, 0.15) is 25.7 Å². The molecule has 0 heterocycles. The molecule has 7 heteroatoms. The van der Waals surface area contributed by atoms with Gasteiger partial charge < -0.3 is 16.2 Å². The monoisotopic (exact) mass is 285 g/mol. The number of primary sulfonamides is 1. The molecule has 106 valence electrons. The minimum absolute atomic E-state index is 0.0141. The van der Waals surface area contributed by atoms with Crippen LogP contribution in [0.3, 0.4) is 0 Å². The van der Waals surface area contributed by atoms with Gasteiger partial charge in [-0.05, 0) is 31.0 Å². The summed E-state index contributed by atoms with van der Waals surface area (Å²) in [6.45, 7) is 0. The van der Waals surface area contributed by atoms with Crippen molar-refractivity contribution in [3.63, 3.8) is 0 Å². The van der Waals surface area contributed by atoms with Gasteiger partial charge in [0.05, 0.1) is 28.4 Å². The average Bonchev–Trinajstić information content (AvgIpc) is 2.33. The molecule has 1 aliphatic carbocycles. The van der Waals surface area contributed by atoms with Crippen molar-refractivity contribution in [1.29, 1.82) is 0 Å². The van der Waals surface area contributed by atoms with Gasteiger partial charge in [-0.2, -0.15) is 0 Å². The van der Waals surface area contributed by atoms with Crippen molar-refractivity contribution >= 4 is 21.4 Å². The molecule has 19 heavy (non-hydrogen) atoms. The number of sulfonamides is 1. The van der Waals surface area contributed by atoms with Gasteiger partial charge in [-0.1, -0.05) is 12.8 Å². The summed E-state index contributed by atoms with van der Waals surface area (Å²) in [5, 5.41) is 18.1. The van der Waals surface area contributed by atoms with Crippen LogP contribution in [0.2, 0.25) is 0 Å². The topological polar surface area (TPSA) is 118 Å². The van der Waals surface area contributed by atoms with Crippen molar-refractivity contribution in [3.8, 4) is 0 Å². The fraction of sp³-hybridized carbons (Fsp3) is 0.500. The fourth-order valence-corrected chi connectivity index (χ4v) is 2.88. The van der Waals surface area contributed by atoms with Gasteiger partial charge >= 0.3 is 0 Å². The number of hydrogen-bond acceptors (Lipinski definition) is 5. The minimum atomic E-state index is -3.74. The Bertz CT molecular complexity index is 559. The number of benzene rings is 1. The Kier molecular flexibility index (Phi) is 3.98. The predicted octanol–water partition coefficient (Wildman–Crippen LogP) is 0.632. The van der Waals surface area contributed by atoms with Crippen LogP contribution in [0.4, 0.5) is 11.4 Å². The lowest BCUT2D eigenvalue weighted by molar-refractivity contribution is 0.116. The maximum absolute atomic E-state index is 11.2. The highest BCUT2D eigenvalue weighted by Gasteiger charge is 2.23. The van der Waals surface area contributed by atoms with Crippen molar-refractivity contribution in [3.05, 3.63) is 18.2 Å². The summed E-state index contributed by atoms with van der Waals surface area (Å²) in [6, 6.07) is 4.27. The number of nitrogens with one attached hydrogen (secondary N) is 1. The zero-order valence-electron chi connectivity index (χ0n) is 10.5. The molecule has 1 aromatic rings. The molecule has 1 fully saturated rings. The summed E-state index contributed by atoms with van der Waals surface area (Å²) >= 11 is 0. The molecule has 0 saturated heterocycles. The van der Waals surface area contributed by atoms with Gasteiger partial charge in [-0.3, -0.25) is 0 Å². The van der Waals surface area contributed by atoms with E-state index in [1.807, 2.05) is 0 Å². The molecular weight excluding hydrogens is 266 g/mol. The third-order valence-electron chi connectivity index (χ3n) is 3.42. The van der Waals surface area contributed by atoms with E-state index >= 15 is 0 Å². The Labute approximate surface area is 112 Å². The summed E-state index contributed by atoms with van der Waals surface area (Å²) in [6.07, 6.45) is 3.33. The molecule has 1 aromatic carbocycles. The molecule has 2 unspecified atom stereocenters. The van der Waals surface area contributed by atoms with Crippen LogP contribution < -0.4 is 16.2 Å². The molecule has 0 radical (unpaired) electrons. The normalized spacial score (nSPS) is 24.1. The summed E-state index contributed by atoms with van der Waals surface area (Å²) in [5.74, 6) is 0. The predicted molar refractivity (Wildman–Crippen MR) is 74.1 cm³/mol. The van der Waals surface area contributed by atoms with E-state index in [-0.39, 0.29) is 10.9 Å². The number of rotatable bonds is 3. The largest absolute Gasteiger partial charge is 0.397 e. The number of nitrogen functional groups attached to an aromatic ring is 1. The van der Waals surface area contributed by atoms with Crippen molar-refractivity contribution in [2.45, 2.75) is 42.7 Å². The highest BCUT2D eigenvalue weighted by atomic mass is 32.2. The van der Waals surface area contributed by atoms with Gasteiger partial charge in [0, 0.05) is 0 Å². The highest BCUT2D eigenvalue weighted by molar-refractivity contribution is 7.89. The molecule has 0 aromatic heterocycles. The standard InChI is InChI=1S/C12H19N3O3S/c13-9-7-8(19(14,17)18)5-6-10(9)15-11-3-1-2-4-12(11)16/h5-7,11-12,15-16H,1-4,13H2,(H2,14,17,18). The Morgan fingerprint density at radius 2 is 1.95 bits per heavy atom. The molecule has 0 aliphatic heterocycles. The Hall–Kier alpha value is -1.31. The summed E-state index contributed by atoms with van der Waals surface area (Å²) < 4.78 is 22.4.